The fourth-order valence-electron chi connectivity index (χ4n) is 3.63. The predicted molar refractivity (Wildman–Crippen MR) is 112 cm³/mol. The summed E-state index contributed by atoms with van der Waals surface area (Å²) in [7, 11) is -2.74. The summed E-state index contributed by atoms with van der Waals surface area (Å²) in [6, 6.07) is 10.8. The van der Waals surface area contributed by atoms with Crippen LogP contribution in [0.1, 0.15) is 35.8 Å². The molecule has 2 aromatic carbocycles. The highest BCUT2D eigenvalue weighted by molar-refractivity contribution is 7.73. The minimum atomic E-state index is -2.74. The van der Waals surface area contributed by atoms with E-state index in [0.717, 1.165) is 5.56 Å². The Labute approximate surface area is 176 Å². The van der Waals surface area contributed by atoms with E-state index in [1.165, 1.54) is 12.1 Å². The molecule has 6 nitrogen and oxygen atoms in total. The molecule has 1 fully saturated rings. The molecule has 0 radical (unpaired) electrons. The van der Waals surface area contributed by atoms with Gasteiger partial charge in [-0.1, -0.05) is 17.7 Å². The topological polar surface area (TPSA) is 69.7 Å². The fraction of sp³-hybridized carbons (Fsp3) is 0.350. The predicted octanol–water partition coefficient (Wildman–Crippen LogP) is 3.32. The number of carbonyl (C=O) groups is 1. The van der Waals surface area contributed by atoms with Crippen molar-refractivity contribution < 1.29 is 17.6 Å². The van der Waals surface area contributed by atoms with Crippen LogP contribution in [0.4, 0.5) is 10.1 Å². The van der Waals surface area contributed by atoms with E-state index in [1.807, 2.05) is 18.7 Å². The first-order valence-electron chi connectivity index (χ1n) is 9.27. The van der Waals surface area contributed by atoms with Crippen molar-refractivity contribution in [3.63, 3.8) is 0 Å². The van der Waals surface area contributed by atoms with Gasteiger partial charge in [-0.15, -0.1) is 0 Å². The summed E-state index contributed by atoms with van der Waals surface area (Å²) >= 11 is 6.21. The number of thiol groups is 1. The van der Waals surface area contributed by atoms with Crippen molar-refractivity contribution in [2.24, 2.45) is 0 Å². The second-order valence-electron chi connectivity index (χ2n) is 7.13. The summed E-state index contributed by atoms with van der Waals surface area (Å²) in [5.74, 6) is -0.458. The van der Waals surface area contributed by atoms with E-state index in [9.17, 15) is 17.6 Å². The smallest absolute Gasteiger partial charge is 0.254 e. The van der Waals surface area contributed by atoms with Gasteiger partial charge >= 0.3 is 0 Å². The van der Waals surface area contributed by atoms with Crippen LogP contribution in [-0.2, 0) is 10.9 Å². The van der Waals surface area contributed by atoms with Gasteiger partial charge in [-0.2, -0.15) is 0 Å². The molecule has 1 aliphatic rings. The average Bonchev–Trinajstić information content (AvgIpc) is 2.67. The van der Waals surface area contributed by atoms with Crippen LogP contribution in [0.5, 0.6) is 0 Å². The Morgan fingerprint density at radius 3 is 2.48 bits per heavy atom. The molecule has 0 aromatic heterocycles. The van der Waals surface area contributed by atoms with E-state index in [0.29, 0.717) is 35.9 Å². The zero-order chi connectivity index (χ0) is 21.1. The largest absolute Gasteiger partial charge is 0.333 e. The molecule has 0 bridgehead atoms. The van der Waals surface area contributed by atoms with Gasteiger partial charge in [0, 0.05) is 48.0 Å². The SMILES string of the molecule is CC(c1ccc(F)cc1Cl)N1CCN(C(=O)c2ccc(N[SH](=O)=O)cc2)[C@H](C)C1. The lowest BCUT2D eigenvalue weighted by Gasteiger charge is -2.42. The molecule has 2 aromatic rings. The third-order valence-corrected chi connectivity index (χ3v) is 6.00. The number of nitrogens with zero attached hydrogens (tertiary/aromatic N) is 2. The number of carbonyl (C=O) groups excluding carboxylic acids is 1. The third-order valence-electron chi connectivity index (χ3n) is 5.23. The Bertz CT molecular complexity index is 960. The van der Waals surface area contributed by atoms with Crippen LogP contribution in [0.2, 0.25) is 5.02 Å². The highest BCUT2D eigenvalue weighted by Crippen LogP contribution is 2.30. The molecule has 1 saturated heterocycles. The van der Waals surface area contributed by atoms with E-state index < -0.39 is 10.9 Å². The molecule has 29 heavy (non-hydrogen) atoms. The van der Waals surface area contributed by atoms with Crippen molar-refractivity contribution >= 4 is 34.1 Å². The maximum atomic E-state index is 13.3. The zero-order valence-corrected chi connectivity index (χ0v) is 17.8. The Morgan fingerprint density at radius 2 is 1.90 bits per heavy atom. The second-order valence-corrected chi connectivity index (χ2v) is 8.28. The monoisotopic (exact) mass is 439 g/mol. The fourth-order valence-corrected chi connectivity index (χ4v) is 4.32. The summed E-state index contributed by atoms with van der Waals surface area (Å²) in [5, 5.41) is 0.400. The molecule has 0 aliphatic carbocycles. The number of hydrogen-bond acceptors (Lipinski definition) is 4. The van der Waals surface area contributed by atoms with Gasteiger partial charge in [0.2, 0.25) is 10.9 Å². The van der Waals surface area contributed by atoms with Gasteiger partial charge in [-0.25, -0.2) is 12.8 Å². The van der Waals surface area contributed by atoms with Gasteiger partial charge < -0.3 is 4.90 Å². The van der Waals surface area contributed by atoms with Gasteiger partial charge in [0.05, 0.1) is 0 Å². The number of hydrogen-bond donors (Lipinski definition) is 2. The van der Waals surface area contributed by atoms with Crippen molar-refractivity contribution in [3.8, 4) is 0 Å². The van der Waals surface area contributed by atoms with Crippen molar-refractivity contribution in [1.29, 1.82) is 0 Å². The Kier molecular flexibility index (Phi) is 6.77. The van der Waals surface area contributed by atoms with E-state index in [-0.39, 0.29) is 23.8 Å². The number of halogens is 2. The van der Waals surface area contributed by atoms with Crippen LogP contribution in [-0.4, -0.2) is 49.8 Å². The molecular formula is C20H23ClFN3O3S. The van der Waals surface area contributed by atoms with E-state index in [4.69, 9.17) is 11.6 Å². The number of amides is 1. The van der Waals surface area contributed by atoms with Crippen LogP contribution in [0.15, 0.2) is 42.5 Å². The molecule has 156 valence electrons. The van der Waals surface area contributed by atoms with Crippen LogP contribution >= 0.6 is 11.6 Å². The van der Waals surface area contributed by atoms with Crippen LogP contribution < -0.4 is 4.72 Å². The molecular weight excluding hydrogens is 417 g/mol. The number of rotatable bonds is 5. The van der Waals surface area contributed by atoms with Crippen molar-refractivity contribution in [2.45, 2.75) is 25.9 Å². The first kappa shape index (κ1) is 21.5. The first-order chi connectivity index (χ1) is 13.8. The molecule has 1 amide bonds. The standard InChI is InChI=1S/C20H23ClFN3O3S/c1-13-12-24(14(2)18-8-5-16(22)11-19(18)21)9-10-25(13)20(26)15-3-6-17(7-4-15)23-29(27)28/h3-8,11,13-14,29H,9-10,12H2,1-2H3,(H,23,27,28)/t13-,14?/m1/s1. The van der Waals surface area contributed by atoms with E-state index in [2.05, 4.69) is 9.62 Å². The summed E-state index contributed by atoms with van der Waals surface area (Å²) in [4.78, 5) is 16.9. The Balaban J connectivity index is 1.67. The molecule has 0 saturated carbocycles. The molecule has 0 spiro atoms. The first-order valence-corrected chi connectivity index (χ1v) is 10.8. The summed E-state index contributed by atoms with van der Waals surface area (Å²) in [6.07, 6.45) is 0. The quantitative estimate of drug-likeness (QED) is 0.701. The number of piperazine rings is 1. The van der Waals surface area contributed by atoms with Crippen LogP contribution in [0, 0.1) is 5.82 Å². The van der Waals surface area contributed by atoms with E-state index in [1.54, 1.807) is 30.3 Å². The van der Waals surface area contributed by atoms with Crippen molar-refractivity contribution in [2.75, 3.05) is 24.4 Å². The van der Waals surface area contributed by atoms with Crippen LogP contribution in [0.3, 0.4) is 0 Å². The third kappa shape index (κ3) is 5.07. The summed E-state index contributed by atoms with van der Waals surface area (Å²) < 4.78 is 37.1. The van der Waals surface area contributed by atoms with Gasteiger partial charge in [-0.05, 0) is 55.8 Å². The second kappa shape index (κ2) is 9.11. The molecule has 1 N–H and O–H groups in total. The molecule has 9 heteroatoms. The minimum Gasteiger partial charge on any atom is -0.333 e. The van der Waals surface area contributed by atoms with E-state index >= 15 is 0 Å². The number of benzene rings is 2. The van der Waals surface area contributed by atoms with Gasteiger partial charge in [0.25, 0.3) is 5.91 Å². The van der Waals surface area contributed by atoms with Gasteiger partial charge in [-0.3, -0.25) is 14.4 Å². The van der Waals surface area contributed by atoms with Gasteiger partial charge in [0.15, 0.2) is 0 Å². The molecule has 3 rings (SSSR count). The number of anilines is 1. The molecule has 2 atom stereocenters. The highest BCUT2D eigenvalue weighted by Gasteiger charge is 2.31. The highest BCUT2D eigenvalue weighted by atomic mass is 35.5. The zero-order valence-electron chi connectivity index (χ0n) is 16.1. The lowest BCUT2D eigenvalue weighted by Crippen LogP contribution is -2.54. The van der Waals surface area contributed by atoms with Gasteiger partial charge in [0.1, 0.15) is 5.82 Å². The lowest BCUT2D eigenvalue weighted by molar-refractivity contribution is 0.0406. The molecule has 1 aliphatic heterocycles. The number of nitrogens with one attached hydrogen (secondary N) is 1. The minimum absolute atomic E-state index is 0.00207. The van der Waals surface area contributed by atoms with Crippen molar-refractivity contribution in [3.05, 3.63) is 64.4 Å². The maximum Gasteiger partial charge on any atom is 0.254 e. The molecule has 1 heterocycles. The van der Waals surface area contributed by atoms with Crippen molar-refractivity contribution in [1.82, 2.24) is 9.80 Å². The summed E-state index contributed by atoms with van der Waals surface area (Å²) in [5.41, 5.74) is 1.78. The lowest BCUT2D eigenvalue weighted by atomic mass is 10.0. The maximum absolute atomic E-state index is 13.3. The summed E-state index contributed by atoms with van der Waals surface area (Å²) in [6.45, 7) is 5.89. The Hall–Kier alpha value is -2.16. The average molecular weight is 440 g/mol. The Morgan fingerprint density at radius 1 is 1.21 bits per heavy atom. The van der Waals surface area contributed by atoms with Crippen LogP contribution in [0.25, 0.3) is 0 Å². The normalized spacial score (nSPS) is 18.7. The molecule has 1 unspecified atom stereocenters.